The fourth-order valence-electron chi connectivity index (χ4n) is 1.48. The summed E-state index contributed by atoms with van der Waals surface area (Å²) in [5.41, 5.74) is 1.11. The zero-order valence-corrected chi connectivity index (χ0v) is 11.1. The van der Waals surface area contributed by atoms with Gasteiger partial charge in [0.05, 0.1) is 6.04 Å². The zero-order chi connectivity index (χ0) is 11.4. The number of amides is 1. The third-order valence-corrected chi connectivity index (χ3v) is 3.88. The molecule has 1 aromatic rings. The van der Waals surface area contributed by atoms with Crippen molar-refractivity contribution in [3.05, 3.63) is 34.3 Å². The molecule has 0 aliphatic carbocycles. The highest BCUT2D eigenvalue weighted by atomic mass is 79.9. The van der Waals surface area contributed by atoms with Gasteiger partial charge in [0.15, 0.2) is 0 Å². The lowest BCUT2D eigenvalue weighted by molar-refractivity contribution is -0.122. The van der Waals surface area contributed by atoms with Gasteiger partial charge in [-0.05, 0) is 17.7 Å². The summed E-state index contributed by atoms with van der Waals surface area (Å²) in [6.07, 6.45) is 0. The van der Waals surface area contributed by atoms with E-state index < -0.39 is 0 Å². The van der Waals surface area contributed by atoms with Crippen LogP contribution in [-0.4, -0.2) is 23.6 Å². The minimum Gasteiger partial charge on any atom is -0.351 e. The Morgan fingerprint density at radius 2 is 2.25 bits per heavy atom. The lowest BCUT2D eigenvalue weighted by atomic mass is 10.2. The fourth-order valence-corrected chi connectivity index (χ4v) is 2.68. The van der Waals surface area contributed by atoms with Gasteiger partial charge < -0.3 is 5.32 Å². The zero-order valence-electron chi connectivity index (χ0n) is 8.70. The van der Waals surface area contributed by atoms with Crippen LogP contribution >= 0.6 is 27.7 Å². The van der Waals surface area contributed by atoms with E-state index in [4.69, 9.17) is 0 Å². The van der Waals surface area contributed by atoms with Crippen LogP contribution in [-0.2, 0) is 11.3 Å². The van der Waals surface area contributed by atoms with Crippen molar-refractivity contribution in [2.45, 2.75) is 12.6 Å². The van der Waals surface area contributed by atoms with Gasteiger partial charge in [0.2, 0.25) is 5.91 Å². The van der Waals surface area contributed by atoms with Crippen molar-refractivity contribution in [1.82, 2.24) is 10.6 Å². The van der Waals surface area contributed by atoms with Crippen LogP contribution in [0.15, 0.2) is 28.7 Å². The molecular weight excluding hydrogens is 288 g/mol. The Kier molecular flexibility index (Phi) is 4.26. The molecule has 2 N–H and O–H groups in total. The molecule has 1 amide bonds. The normalized spacial score (nSPS) is 19.7. The second-order valence-corrected chi connectivity index (χ2v) is 5.56. The highest BCUT2D eigenvalue weighted by Gasteiger charge is 2.21. The first-order valence-corrected chi connectivity index (χ1v) is 7.04. The lowest BCUT2D eigenvalue weighted by Crippen LogP contribution is -2.41. The second kappa shape index (κ2) is 5.70. The molecule has 1 heterocycles. The molecule has 1 aromatic carbocycles. The Hall–Kier alpha value is -0.520. The lowest BCUT2D eigenvalue weighted by Gasteiger charge is -2.10. The number of benzene rings is 1. The minimum absolute atomic E-state index is 0.0274. The van der Waals surface area contributed by atoms with Gasteiger partial charge in [-0.2, -0.15) is 0 Å². The molecule has 0 bridgehead atoms. The van der Waals surface area contributed by atoms with Crippen LogP contribution in [0.25, 0.3) is 0 Å². The third-order valence-electron chi connectivity index (χ3n) is 2.41. The van der Waals surface area contributed by atoms with Crippen molar-refractivity contribution < 1.29 is 4.79 Å². The molecular formula is C11H13BrN2OS. The van der Waals surface area contributed by atoms with Crippen LogP contribution in [0.4, 0.5) is 0 Å². The summed E-state index contributed by atoms with van der Waals surface area (Å²) in [5.74, 6) is 1.83. The van der Waals surface area contributed by atoms with Crippen LogP contribution in [0.2, 0.25) is 0 Å². The molecule has 1 aliphatic heterocycles. The maximum Gasteiger partial charge on any atom is 0.238 e. The van der Waals surface area contributed by atoms with E-state index in [1.165, 1.54) is 0 Å². The van der Waals surface area contributed by atoms with Gasteiger partial charge in [-0.3, -0.25) is 10.1 Å². The Labute approximate surface area is 108 Å². The van der Waals surface area contributed by atoms with Gasteiger partial charge in [-0.25, -0.2) is 0 Å². The predicted molar refractivity (Wildman–Crippen MR) is 70.2 cm³/mol. The number of halogens is 1. The summed E-state index contributed by atoms with van der Waals surface area (Å²) >= 11 is 5.14. The van der Waals surface area contributed by atoms with Crippen molar-refractivity contribution in [2.75, 3.05) is 11.6 Å². The smallest absolute Gasteiger partial charge is 0.238 e. The van der Waals surface area contributed by atoms with Gasteiger partial charge >= 0.3 is 0 Å². The largest absolute Gasteiger partial charge is 0.351 e. The Balaban J connectivity index is 1.82. The predicted octanol–water partition coefficient (Wildman–Crippen LogP) is 1.73. The van der Waals surface area contributed by atoms with Crippen molar-refractivity contribution in [3.8, 4) is 0 Å². The molecule has 1 aliphatic rings. The Bertz CT molecular complexity index is 363. The van der Waals surface area contributed by atoms with Crippen molar-refractivity contribution >= 4 is 33.6 Å². The minimum atomic E-state index is -0.0274. The van der Waals surface area contributed by atoms with Gasteiger partial charge in [-0.1, -0.05) is 28.1 Å². The second-order valence-electron chi connectivity index (χ2n) is 3.62. The van der Waals surface area contributed by atoms with E-state index in [-0.39, 0.29) is 11.9 Å². The van der Waals surface area contributed by atoms with Crippen LogP contribution in [0.1, 0.15) is 5.56 Å². The Morgan fingerprint density at radius 3 is 2.88 bits per heavy atom. The summed E-state index contributed by atoms with van der Waals surface area (Å²) in [4.78, 5) is 11.7. The molecule has 1 saturated heterocycles. The van der Waals surface area contributed by atoms with E-state index in [2.05, 4.69) is 26.6 Å². The van der Waals surface area contributed by atoms with E-state index in [1.54, 1.807) is 11.8 Å². The average Bonchev–Trinajstić information content (AvgIpc) is 2.81. The van der Waals surface area contributed by atoms with Crippen molar-refractivity contribution in [1.29, 1.82) is 0 Å². The van der Waals surface area contributed by atoms with Crippen molar-refractivity contribution in [3.63, 3.8) is 0 Å². The number of nitrogens with one attached hydrogen (secondary N) is 2. The number of thioether (sulfide) groups is 1. The summed E-state index contributed by atoms with van der Waals surface area (Å²) in [6.45, 7) is 0.592. The number of rotatable bonds is 3. The average molecular weight is 301 g/mol. The number of carbonyl (C=O) groups is 1. The maximum absolute atomic E-state index is 11.7. The van der Waals surface area contributed by atoms with Crippen LogP contribution < -0.4 is 10.6 Å². The molecule has 16 heavy (non-hydrogen) atoms. The van der Waals surface area contributed by atoms with Crippen LogP contribution in [0.5, 0.6) is 0 Å². The highest BCUT2D eigenvalue weighted by molar-refractivity contribution is 9.10. The van der Waals surface area contributed by atoms with E-state index >= 15 is 0 Å². The van der Waals surface area contributed by atoms with Crippen LogP contribution in [0, 0.1) is 0 Å². The summed E-state index contributed by atoms with van der Waals surface area (Å²) < 4.78 is 1.05. The SMILES string of the molecule is O=C(NCc1ccc(Br)cc1)C1CSCN1. The molecule has 5 heteroatoms. The monoisotopic (exact) mass is 300 g/mol. The standard InChI is InChI=1S/C11H13BrN2OS/c12-9-3-1-8(2-4-9)5-13-11(15)10-6-16-7-14-10/h1-4,10,14H,5-7H2,(H,13,15). The molecule has 0 spiro atoms. The topological polar surface area (TPSA) is 41.1 Å². The molecule has 0 aromatic heterocycles. The molecule has 2 rings (SSSR count). The molecule has 0 saturated carbocycles. The van der Waals surface area contributed by atoms with Gasteiger partial charge in [0, 0.05) is 22.6 Å². The summed E-state index contributed by atoms with van der Waals surface area (Å²) in [6, 6.07) is 7.93. The fraction of sp³-hybridized carbons (Fsp3) is 0.364. The molecule has 3 nitrogen and oxygen atoms in total. The number of hydrogen-bond acceptors (Lipinski definition) is 3. The van der Waals surface area contributed by atoms with Crippen LogP contribution in [0.3, 0.4) is 0 Å². The van der Waals surface area contributed by atoms with E-state index in [0.717, 1.165) is 21.7 Å². The first-order valence-electron chi connectivity index (χ1n) is 5.09. The van der Waals surface area contributed by atoms with E-state index in [1.807, 2.05) is 24.3 Å². The molecule has 1 unspecified atom stereocenters. The maximum atomic E-state index is 11.7. The number of carbonyl (C=O) groups excluding carboxylic acids is 1. The quantitative estimate of drug-likeness (QED) is 0.893. The van der Waals surface area contributed by atoms with Gasteiger partial charge in [0.25, 0.3) is 0 Å². The summed E-state index contributed by atoms with van der Waals surface area (Å²) in [7, 11) is 0. The number of hydrogen-bond donors (Lipinski definition) is 2. The molecule has 1 atom stereocenters. The Morgan fingerprint density at radius 1 is 1.50 bits per heavy atom. The first kappa shape index (κ1) is 12.0. The van der Waals surface area contributed by atoms with E-state index in [0.29, 0.717) is 6.54 Å². The van der Waals surface area contributed by atoms with E-state index in [9.17, 15) is 4.79 Å². The first-order chi connectivity index (χ1) is 7.75. The van der Waals surface area contributed by atoms with Crippen molar-refractivity contribution in [2.24, 2.45) is 0 Å². The molecule has 1 fully saturated rings. The summed E-state index contributed by atoms with van der Waals surface area (Å²) in [5, 5.41) is 6.08. The third kappa shape index (κ3) is 3.23. The van der Waals surface area contributed by atoms with Gasteiger partial charge in [-0.15, -0.1) is 11.8 Å². The highest BCUT2D eigenvalue weighted by Crippen LogP contribution is 2.11. The molecule has 86 valence electrons. The van der Waals surface area contributed by atoms with Gasteiger partial charge in [0.1, 0.15) is 0 Å². The molecule has 0 radical (unpaired) electrons.